The topological polar surface area (TPSA) is 175 Å². The average molecular weight is 2130 g/mol. The van der Waals surface area contributed by atoms with Crippen LogP contribution < -0.4 is 21.3 Å². The summed E-state index contributed by atoms with van der Waals surface area (Å²) in [6.45, 7) is 29.3. The third-order valence-electron chi connectivity index (χ3n) is 19.7. The number of carbonyl (C=O) groups excluding carboxylic acids is 4. The monoisotopic (exact) mass is 2120 g/mol. The number of hydrogen-bond donors (Lipinski definition) is 5. The normalized spacial score (nSPS) is 17.9. The Hall–Kier alpha value is -1.59. The molecule has 679 valence electrons. The number of carbonyl (C=O) groups is 4. The first-order chi connectivity index (χ1) is 54.1. The molecule has 34 heteroatoms. The van der Waals surface area contributed by atoms with E-state index in [9.17, 15) is 19.2 Å². The van der Waals surface area contributed by atoms with Gasteiger partial charge in [0.15, 0.2) is 0 Å². The van der Waals surface area contributed by atoms with E-state index in [0.717, 1.165) is 111 Å². The second-order valence-electron chi connectivity index (χ2n) is 33.3. The first-order valence-electron chi connectivity index (χ1n) is 39.0. The Morgan fingerprint density at radius 2 is 0.767 bits per heavy atom. The number of fused-ring (bicyclic) bond motifs is 7. The summed E-state index contributed by atoms with van der Waals surface area (Å²) in [7, 11) is 17.8. The van der Waals surface area contributed by atoms with E-state index in [1.54, 1.807) is 54.9 Å². The summed E-state index contributed by atoms with van der Waals surface area (Å²) in [4.78, 5) is 60.9. The molecule has 0 aromatic carbocycles. The molecule has 7 unspecified atom stereocenters. The molecule has 7 atom stereocenters. The van der Waals surface area contributed by atoms with Crippen LogP contribution in [0.25, 0.3) is 0 Å². The first kappa shape index (κ1) is 116. The van der Waals surface area contributed by atoms with Gasteiger partial charge in [0.25, 0.3) is 6.47 Å². The Morgan fingerprint density at radius 3 is 1.12 bits per heavy atom. The summed E-state index contributed by atoms with van der Waals surface area (Å²) < 4.78 is 26.6. The van der Waals surface area contributed by atoms with Crippen LogP contribution in [-0.2, 0) is 68.7 Å². The Bertz CT molecular complexity index is 4170. The molecular formula is C86H133BBr3Cl6N8O8S8. The van der Waals surface area contributed by atoms with Crippen LogP contribution in [0.1, 0.15) is 265 Å². The fourth-order valence-electron chi connectivity index (χ4n) is 14.8. The molecule has 7 aromatic heterocycles. The van der Waals surface area contributed by atoms with E-state index < -0.39 is 16.8 Å². The molecule has 0 spiro atoms. The number of nitrogens with zero attached hydrogens (tertiary/aromatic N) is 4. The van der Waals surface area contributed by atoms with E-state index in [4.69, 9.17) is 60.6 Å². The standard InChI is InChI=1S/C14H19BrClNO2S.C14H20BrNO2S.C14H21NO2S.C9H11BrClNS.2C9H12ClNS.C9H13NS.C5H10O2.3CH4.BHNS.2ClH/c1-14(2,3)19-13(18)17(4)7-8-5-6-9-10(8)11(16)12(15)20-9;1-14(2,3)18-13(17)16(4)8-9-5-6-11-10(9)7-12(15)19-11;1-14(2,3)17-13(16)15(4)9-10-5-6-12-11(10)7-8-18-12;1-12-4-5-2-3-6-7(5)8(11)9(10)13-6;2*1-11-4-6-2-3-8-9(6)7(10)5-12-8;1-10-6-7-2-3-9-8(7)4-5-11-9;1-5(2,3)7-4-6;;;;1-2-3;;/h8H,5-7H2,1-4H3;7,9H,5-6,8H2,1-4H3;7-8,10H,5-6,9H2,1-4H3;5,12H,2-4H2,1H3;2*5-6,11H,2-4H2,1H3;4-5,7,10H,2-3,6H2,1H3;4H,1-3H3;3*1H4;3H;2*1H. The van der Waals surface area contributed by atoms with Crippen molar-refractivity contribution in [2.24, 2.45) is 4.30 Å². The van der Waals surface area contributed by atoms with Gasteiger partial charge in [-0.25, -0.2) is 14.4 Å². The predicted octanol–water partition coefficient (Wildman–Crippen LogP) is 27.7. The maximum absolute atomic E-state index is 12.0. The van der Waals surface area contributed by atoms with Gasteiger partial charge in [0, 0.05) is 130 Å². The second kappa shape index (κ2) is 55.4. The van der Waals surface area contributed by atoms with Crippen molar-refractivity contribution < 1.29 is 38.1 Å². The average Bonchev–Trinajstić information content (AvgIpc) is 2.28. The van der Waals surface area contributed by atoms with Crippen molar-refractivity contribution in [3.8, 4) is 0 Å². The first-order valence-corrected chi connectivity index (χ1v) is 49.3. The minimum absolute atomic E-state index is 0. The third-order valence-corrected chi connectivity index (χ3v) is 31.8. The van der Waals surface area contributed by atoms with E-state index in [1.807, 2.05) is 182 Å². The van der Waals surface area contributed by atoms with E-state index in [0.29, 0.717) is 48.5 Å². The molecule has 120 heavy (non-hydrogen) atoms. The van der Waals surface area contributed by atoms with Crippen LogP contribution in [0.4, 0.5) is 14.4 Å². The van der Waals surface area contributed by atoms with Gasteiger partial charge in [-0.15, -0.1) is 104 Å². The predicted molar refractivity (Wildman–Crippen MR) is 542 cm³/mol. The zero-order valence-electron chi connectivity index (χ0n) is 70.9. The van der Waals surface area contributed by atoms with Gasteiger partial charge in [0.1, 0.15) is 22.4 Å². The number of halogens is 9. The molecule has 0 saturated carbocycles. The maximum atomic E-state index is 12.0. The van der Waals surface area contributed by atoms with Crippen molar-refractivity contribution in [2.45, 2.75) is 259 Å². The number of amides is 3. The van der Waals surface area contributed by atoms with Gasteiger partial charge in [0.2, 0.25) is 0 Å². The third kappa shape index (κ3) is 36.4. The van der Waals surface area contributed by atoms with Crippen LogP contribution in [0, 0.1) is 0 Å². The van der Waals surface area contributed by atoms with Gasteiger partial charge < -0.3 is 54.9 Å². The number of thiophene rings is 7. The number of aryl methyl sites for hydroxylation is 7. The number of likely N-dealkylation sites (N-methyl/N-ethyl adjacent to an activating group) is 7. The molecule has 1 radical (unpaired) electrons. The van der Waals surface area contributed by atoms with E-state index in [1.165, 1.54) is 118 Å². The summed E-state index contributed by atoms with van der Waals surface area (Å²) in [6, 6.07) is 6.68. The molecule has 7 aliphatic carbocycles. The Labute approximate surface area is 811 Å². The van der Waals surface area contributed by atoms with E-state index in [-0.39, 0.29) is 71.0 Å². The number of rotatable bonds is 15. The van der Waals surface area contributed by atoms with Crippen molar-refractivity contribution in [3.05, 3.63) is 144 Å². The Balaban J connectivity index is 0.000000688. The van der Waals surface area contributed by atoms with Crippen LogP contribution in [0.3, 0.4) is 0 Å². The minimum atomic E-state index is -0.463. The Kier molecular flexibility index (Phi) is 53.8. The van der Waals surface area contributed by atoms with Crippen molar-refractivity contribution in [1.82, 2.24) is 36.0 Å². The fraction of sp³-hybridized carbons (Fsp3) is 0.628. The number of hydrogen-bond acceptors (Lipinski definition) is 21. The molecule has 0 aliphatic heterocycles. The zero-order valence-corrected chi connectivity index (χ0v) is 86.9. The molecule has 16 nitrogen and oxygen atoms in total. The number of ether oxygens (including phenoxy) is 4. The van der Waals surface area contributed by atoms with Gasteiger partial charge >= 0.3 is 43.0 Å². The van der Waals surface area contributed by atoms with Gasteiger partial charge in [-0.05, 0) is 341 Å². The molecule has 7 aliphatic rings. The summed E-state index contributed by atoms with van der Waals surface area (Å²) in [5.74, 6) is 3.94. The molecule has 7 aromatic rings. The zero-order chi connectivity index (χ0) is 85.4. The second-order valence-corrected chi connectivity index (χ2v) is 46.4. The van der Waals surface area contributed by atoms with Crippen molar-refractivity contribution in [2.75, 3.05) is 95.1 Å². The molecule has 0 fully saturated rings. The van der Waals surface area contributed by atoms with Gasteiger partial charge in [0.05, 0.1) is 31.4 Å². The van der Waals surface area contributed by atoms with Crippen LogP contribution in [0.15, 0.2) is 55.4 Å². The van der Waals surface area contributed by atoms with Gasteiger partial charge in [-0.1, -0.05) is 68.7 Å². The molecule has 0 bridgehead atoms. The summed E-state index contributed by atoms with van der Waals surface area (Å²) in [5.41, 5.74) is 8.20. The molecule has 4 N–H and O–H groups in total. The fourth-order valence-corrected chi connectivity index (χ4v) is 26.0. The number of thiol groups is 1. The molecular weight excluding hydrogens is 1990 g/mol. The number of nitrogens with one attached hydrogen (secondary N) is 4. The van der Waals surface area contributed by atoms with Crippen molar-refractivity contribution >= 4 is 244 Å². The summed E-state index contributed by atoms with van der Waals surface area (Å²) in [6.07, 6.45) is 15.9. The van der Waals surface area contributed by atoms with E-state index >= 15 is 0 Å². The van der Waals surface area contributed by atoms with E-state index in [2.05, 4.69) is 138 Å². The van der Waals surface area contributed by atoms with Crippen molar-refractivity contribution in [1.29, 1.82) is 0 Å². The summed E-state index contributed by atoms with van der Waals surface area (Å²) >= 11 is 51.1. The molecule has 7 heterocycles. The molecule has 0 saturated heterocycles. The van der Waals surface area contributed by atoms with Crippen LogP contribution >= 0.6 is 211 Å². The van der Waals surface area contributed by atoms with Crippen molar-refractivity contribution in [3.63, 3.8) is 0 Å². The molecule has 3 amide bonds. The van der Waals surface area contributed by atoms with Crippen LogP contribution in [-0.4, -0.2) is 165 Å². The molecule has 14 rings (SSSR count). The quantitative estimate of drug-likeness (QED) is 0.0285. The summed E-state index contributed by atoms with van der Waals surface area (Å²) in [5, 5.41) is 25.1. The van der Waals surface area contributed by atoms with Gasteiger partial charge in [-0.2, -0.15) is 0 Å². The van der Waals surface area contributed by atoms with Gasteiger partial charge in [-0.3, -0.25) is 4.79 Å². The van der Waals surface area contributed by atoms with Crippen LogP contribution in [0.5, 0.6) is 0 Å². The van der Waals surface area contributed by atoms with Crippen LogP contribution in [0.2, 0.25) is 20.1 Å². The Morgan fingerprint density at radius 1 is 0.467 bits per heavy atom. The SMILES string of the molecule is C.C.C.CC(C)(C)OC=O.CN(CC1CCc2sc(Br)c(Cl)c21)C(=O)OC(C)(C)C.CN(CC1CCc2sc(Br)cc21)C(=O)OC(C)(C)C.CN(CC1CCc2sccc21)C(=O)OC(C)(C)C.CNCC1CCc2sc(Br)c(Cl)c21.CNCC1CCc2scc(Cl)c21.CNCC1CCc2scc(Cl)c21.CNCC1CCc2sccc21.Cl.Cl.[B]=NS.